The van der Waals surface area contributed by atoms with Crippen LogP contribution in [0.1, 0.15) is 65.7 Å². The Morgan fingerprint density at radius 1 is 1.03 bits per heavy atom. The molecule has 0 spiro atoms. The molecule has 2 aromatic carbocycles. The number of carbonyl (C=O) groups is 1. The summed E-state index contributed by atoms with van der Waals surface area (Å²) in [4.78, 5) is 23.0. The molecule has 174 valence electrons. The number of benzene rings is 2. The Morgan fingerprint density at radius 2 is 1.82 bits per heavy atom. The highest BCUT2D eigenvalue weighted by Crippen LogP contribution is 2.47. The lowest BCUT2D eigenvalue weighted by Gasteiger charge is -2.31. The Hall–Kier alpha value is -3.61. The smallest absolute Gasteiger partial charge is 0.255 e. The molecule has 2 aliphatic carbocycles. The van der Waals surface area contributed by atoms with Crippen molar-refractivity contribution in [2.24, 2.45) is 0 Å². The molecule has 3 aliphatic rings. The van der Waals surface area contributed by atoms with Crippen molar-refractivity contribution < 1.29 is 14.3 Å². The number of nitrogens with zero attached hydrogens (tertiary/aromatic N) is 2. The maximum Gasteiger partial charge on any atom is 0.255 e. The van der Waals surface area contributed by atoms with Crippen LogP contribution in [0.4, 0.5) is 5.95 Å². The lowest BCUT2D eigenvalue weighted by molar-refractivity contribution is 0.0947. The molecule has 2 N–H and O–H groups in total. The number of nitrogens with one attached hydrogen (secondary N) is 2. The number of rotatable bonds is 7. The van der Waals surface area contributed by atoms with E-state index in [1.165, 1.54) is 5.56 Å². The fraction of sp³-hybridized carbons (Fsp3) is 0.370. The molecular formula is C27H28N4O3. The first-order valence-corrected chi connectivity index (χ1v) is 12.1. The lowest BCUT2D eigenvalue weighted by Crippen LogP contribution is -2.32. The molecule has 0 radical (unpaired) electrons. The van der Waals surface area contributed by atoms with E-state index in [4.69, 9.17) is 14.5 Å². The van der Waals surface area contributed by atoms with Crippen LogP contribution in [-0.4, -0.2) is 28.7 Å². The maximum absolute atomic E-state index is 13.5. The van der Waals surface area contributed by atoms with Crippen LogP contribution in [0.15, 0.2) is 54.7 Å². The first-order chi connectivity index (χ1) is 16.7. The van der Waals surface area contributed by atoms with E-state index in [9.17, 15) is 4.79 Å². The number of carbonyl (C=O) groups excluding carboxylic acids is 1. The predicted octanol–water partition coefficient (Wildman–Crippen LogP) is 4.57. The molecule has 7 nitrogen and oxygen atoms in total. The van der Waals surface area contributed by atoms with Crippen molar-refractivity contribution in [2.45, 2.75) is 56.5 Å². The van der Waals surface area contributed by atoms with Crippen molar-refractivity contribution >= 4 is 11.9 Å². The number of aromatic nitrogens is 2. The number of amides is 1. The average Bonchev–Trinajstić information content (AvgIpc) is 3.34. The number of fused-ring (bicyclic) bond motifs is 1. The molecule has 2 heterocycles. The molecule has 0 unspecified atom stereocenters. The minimum absolute atomic E-state index is 0.159. The van der Waals surface area contributed by atoms with Gasteiger partial charge in [-0.05, 0) is 48.9 Å². The van der Waals surface area contributed by atoms with Gasteiger partial charge >= 0.3 is 0 Å². The van der Waals surface area contributed by atoms with Gasteiger partial charge in [0, 0.05) is 24.2 Å². The van der Waals surface area contributed by atoms with Crippen molar-refractivity contribution in [2.75, 3.05) is 12.1 Å². The summed E-state index contributed by atoms with van der Waals surface area (Å²) in [6.07, 6.45) is 8.15. The summed E-state index contributed by atoms with van der Waals surface area (Å²) in [6.45, 7) is 0.615. The average molecular weight is 457 g/mol. The Balaban J connectivity index is 1.33. The largest absolute Gasteiger partial charge is 0.454 e. The Kier molecular flexibility index (Phi) is 5.32. The second-order valence-corrected chi connectivity index (χ2v) is 9.40. The molecule has 3 aromatic rings. The molecule has 0 saturated heterocycles. The van der Waals surface area contributed by atoms with E-state index in [1.54, 1.807) is 6.20 Å². The fourth-order valence-electron chi connectivity index (χ4n) is 5.12. The van der Waals surface area contributed by atoms with Crippen LogP contribution in [0.25, 0.3) is 0 Å². The van der Waals surface area contributed by atoms with Gasteiger partial charge in [-0.15, -0.1) is 0 Å². The molecular weight excluding hydrogens is 428 g/mol. The van der Waals surface area contributed by atoms with E-state index < -0.39 is 0 Å². The van der Waals surface area contributed by atoms with Gasteiger partial charge in [0.15, 0.2) is 11.5 Å². The quantitative estimate of drug-likeness (QED) is 0.542. The molecule has 0 bridgehead atoms. The summed E-state index contributed by atoms with van der Waals surface area (Å²) < 4.78 is 10.9. The second-order valence-electron chi connectivity index (χ2n) is 9.40. The molecule has 1 aromatic heterocycles. The van der Waals surface area contributed by atoms with E-state index in [-0.39, 0.29) is 18.1 Å². The summed E-state index contributed by atoms with van der Waals surface area (Å²) in [5.74, 6) is 1.90. The first kappa shape index (κ1) is 21.0. The predicted molar refractivity (Wildman–Crippen MR) is 128 cm³/mol. The van der Waals surface area contributed by atoms with Crippen LogP contribution in [0.5, 0.6) is 11.5 Å². The minimum Gasteiger partial charge on any atom is -0.454 e. The summed E-state index contributed by atoms with van der Waals surface area (Å²) in [7, 11) is 0. The van der Waals surface area contributed by atoms with Crippen molar-refractivity contribution in [3.05, 3.63) is 77.1 Å². The Labute approximate surface area is 198 Å². The second kappa shape index (κ2) is 8.63. The van der Waals surface area contributed by atoms with Gasteiger partial charge in [0.1, 0.15) is 0 Å². The third-order valence-corrected chi connectivity index (χ3v) is 7.07. The lowest BCUT2D eigenvalue weighted by atomic mass is 9.74. The monoisotopic (exact) mass is 456 g/mol. The van der Waals surface area contributed by atoms with E-state index >= 15 is 0 Å². The molecule has 1 amide bonds. The van der Waals surface area contributed by atoms with E-state index in [2.05, 4.69) is 39.9 Å². The topological polar surface area (TPSA) is 85.4 Å². The summed E-state index contributed by atoms with van der Waals surface area (Å²) in [6, 6.07) is 16.7. The zero-order valence-electron chi connectivity index (χ0n) is 19.0. The van der Waals surface area contributed by atoms with Gasteiger partial charge in [0.25, 0.3) is 5.91 Å². The van der Waals surface area contributed by atoms with Crippen LogP contribution in [-0.2, 0) is 12.0 Å². The van der Waals surface area contributed by atoms with E-state index in [1.807, 2.05) is 24.3 Å². The molecule has 6 rings (SSSR count). The van der Waals surface area contributed by atoms with E-state index in [0.29, 0.717) is 29.8 Å². The SMILES string of the molecule is O=C(NCc1ccc2c(c1)OCO2)c1cnc(NC2CC2)nc1C1(c2ccccc2)CCCC1. The van der Waals surface area contributed by atoms with Gasteiger partial charge in [-0.2, -0.15) is 0 Å². The van der Waals surface area contributed by atoms with Crippen LogP contribution < -0.4 is 20.1 Å². The molecule has 0 atom stereocenters. The van der Waals surface area contributed by atoms with Crippen molar-refractivity contribution in [1.82, 2.24) is 15.3 Å². The van der Waals surface area contributed by atoms with Gasteiger partial charge < -0.3 is 20.1 Å². The zero-order chi connectivity index (χ0) is 23.0. The standard InChI is InChI=1S/C27H28N4O3/c32-25(28-15-18-8-11-22-23(14-18)34-17-33-22)21-16-29-26(30-20-9-10-20)31-24(21)27(12-4-5-13-27)19-6-2-1-3-7-19/h1-3,6-8,11,14,16,20H,4-5,9-10,12-13,15,17H2,(H,28,32)(H,29,30,31). The van der Waals surface area contributed by atoms with Gasteiger partial charge in [-0.3, -0.25) is 4.79 Å². The summed E-state index contributed by atoms with van der Waals surface area (Å²) in [5.41, 5.74) is 3.26. The third kappa shape index (κ3) is 3.95. The highest BCUT2D eigenvalue weighted by atomic mass is 16.7. The van der Waals surface area contributed by atoms with Gasteiger partial charge in [0.05, 0.1) is 11.3 Å². The van der Waals surface area contributed by atoms with Crippen molar-refractivity contribution in [3.8, 4) is 11.5 Å². The first-order valence-electron chi connectivity index (χ1n) is 12.1. The van der Waals surface area contributed by atoms with Crippen LogP contribution in [0, 0.1) is 0 Å². The highest BCUT2D eigenvalue weighted by molar-refractivity contribution is 5.95. The van der Waals surface area contributed by atoms with Gasteiger partial charge in [-0.1, -0.05) is 49.2 Å². The third-order valence-electron chi connectivity index (χ3n) is 7.07. The number of anilines is 1. The van der Waals surface area contributed by atoms with Crippen molar-refractivity contribution in [3.63, 3.8) is 0 Å². The summed E-state index contributed by atoms with van der Waals surface area (Å²) >= 11 is 0. The van der Waals surface area contributed by atoms with Crippen LogP contribution in [0.3, 0.4) is 0 Å². The number of hydrogen-bond donors (Lipinski definition) is 2. The fourth-order valence-corrected chi connectivity index (χ4v) is 5.12. The van der Waals surface area contributed by atoms with E-state index in [0.717, 1.165) is 55.5 Å². The number of ether oxygens (including phenoxy) is 2. The molecule has 2 fully saturated rings. The molecule has 2 saturated carbocycles. The van der Waals surface area contributed by atoms with Gasteiger partial charge in [0.2, 0.25) is 12.7 Å². The number of hydrogen-bond acceptors (Lipinski definition) is 6. The minimum atomic E-state index is -0.282. The molecule has 7 heteroatoms. The Morgan fingerprint density at radius 3 is 2.62 bits per heavy atom. The molecule has 1 aliphatic heterocycles. The highest BCUT2D eigenvalue weighted by Gasteiger charge is 2.42. The zero-order valence-corrected chi connectivity index (χ0v) is 19.0. The van der Waals surface area contributed by atoms with Gasteiger partial charge in [-0.25, -0.2) is 9.97 Å². The van der Waals surface area contributed by atoms with Crippen molar-refractivity contribution in [1.29, 1.82) is 0 Å². The maximum atomic E-state index is 13.5. The van der Waals surface area contributed by atoms with Crippen LogP contribution in [0.2, 0.25) is 0 Å². The Bertz CT molecular complexity index is 1200. The molecule has 34 heavy (non-hydrogen) atoms. The van der Waals surface area contributed by atoms with Crippen LogP contribution >= 0.6 is 0 Å². The summed E-state index contributed by atoms with van der Waals surface area (Å²) in [5, 5.41) is 6.49. The normalized spacial score (nSPS) is 18.0.